The number of benzene rings is 1. The van der Waals surface area contributed by atoms with Crippen LogP contribution in [-0.4, -0.2) is 16.1 Å². The van der Waals surface area contributed by atoms with Gasteiger partial charge in [-0.2, -0.15) is 0 Å². The van der Waals surface area contributed by atoms with Gasteiger partial charge in [0.05, 0.1) is 11.1 Å². The molecule has 0 saturated heterocycles. The van der Waals surface area contributed by atoms with E-state index < -0.39 is 5.97 Å². The number of rotatable bonds is 1. The molecule has 1 aromatic heterocycles. The molecule has 0 amide bonds. The molecular weight excluding hydrogens is 262 g/mol. The minimum absolute atomic E-state index is 0.265. The SMILES string of the molecule is Cc1ccc2c(C(=O)O)c3c(nc2c1C)C(C)CCC3C. The molecule has 3 rings (SSSR count). The van der Waals surface area contributed by atoms with Crippen molar-refractivity contribution in [3.63, 3.8) is 0 Å². The van der Waals surface area contributed by atoms with Crippen LogP contribution in [0.1, 0.15) is 71.3 Å². The predicted molar refractivity (Wildman–Crippen MR) is 84.2 cm³/mol. The number of aromatic carboxylic acids is 1. The van der Waals surface area contributed by atoms with E-state index in [1.165, 1.54) is 0 Å². The normalized spacial score (nSPS) is 21.3. The van der Waals surface area contributed by atoms with Gasteiger partial charge in [-0.05, 0) is 55.2 Å². The molecule has 1 aliphatic carbocycles. The number of aryl methyl sites for hydroxylation is 2. The number of carbonyl (C=O) groups is 1. The van der Waals surface area contributed by atoms with E-state index in [1.807, 2.05) is 26.0 Å². The number of pyridine rings is 1. The Morgan fingerprint density at radius 1 is 1.19 bits per heavy atom. The molecule has 110 valence electrons. The fourth-order valence-corrected chi connectivity index (χ4v) is 3.49. The van der Waals surface area contributed by atoms with Gasteiger partial charge in [-0.25, -0.2) is 4.79 Å². The van der Waals surface area contributed by atoms with Crippen LogP contribution in [0.2, 0.25) is 0 Å². The first-order chi connectivity index (χ1) is 9.91. The zero-order chi connectivity index (χ0) is 15.3. The van der Waals surface area contributed by atoms with Gasteiger partial charge in [-0.3, -0.25) is 4.98 Å². The van der Waals surface area contributed by atoms with Crippen LogP contribution >= 0.6 is 0 Å². The monoisotopic (exact) mass is 283 g/mol. The van der Waals surface area contributed by atoms with E-state index in [1.54, 1.807) is 0 Å². The molecule has 0 radical (unpaired) electrons. The van der Waals surface area contributed by atoms with E-state index in [0.717, 1.165) is 46.1 Å². The van der Waals surface area contributed by atoms with Crippen LogP contribution in [0.5, 0.6) is 0 Å². The Labute approximate surface area is 125 Å². The van der Waals surface area contributed by atoms with E-state index in [-0.39, 0.29) is 5.92 Å². The predicted octanol–water partition coefficient (Wildman–Crippen LogP) is 4.55. The fraction of sp³-hybridized carbons (Fsp3) is 0.444. The molecule has 1 heterocycles. The van der Waals surface area contributed by atoms with Crippen molar-refractivity contribution in [2.45, 2.75) is 52.4 Å². The molecule has 1 aromatic carbocycles. The summed E-state index contributed by atoms with van der Waals surface area (Å²) in [6, 6.07) is 3.91. The summed E-state index contributed by atoms with van der Waals surface area (Å²) in [7, 11) is 0. The molecule has 0 saturated carbocycles. The average Bonchev–Trinajstić information content (AvgIpc) is 2.45. The van der Waals surface area contributed by atoms with E-state index >= 15 is 0 Å². The molecule has 0 fully saturated rings. The Hall–Kier alpha value is -1.90. The number of carboxylic acid groups (broad SMARTS) is 1. The summed E-state index contributed by atoms with van der Waals surface area (Å²) in [4.78, 5) is 16.8. The van der Waals surface area contributed by atoms with E-state index in [2.05, 4.69) is 13.8 Å². The number of fused-ring (bicyclic) bond motifs is 2. The molecule has 3 nitrogen and oxygen atoms in total. The molecular formula is C18H21NO2. The summed E-state index contributed by atoms with van der Waals surface area (Å²) in [5.74, 6) is -0.234. The van der Waals surface area contributed by atoms with Crippen molar-refractivity contribution in [1.29, 1.82) is 0 Å². The number of nitrogens with zero attached hydrogens (tertiary/aromatic N) is 1. The van der Waals surface area contributed by atoms with Crippen molar-refractivity contribution >= 4 is 16.9 Å². The zero-order valence-electron chi connectivity index (χ0n) is 13.0. The molecule has 2 atom stereocenters. The van der Waals surface area contributed by atoms with Crippen molar-refractivity contribution in [3.05, 3.63) is 40.1 Å². The maximum Gasteiger partial charge on any atom is 0.336 e. The second-order valence-electron chi connectivity index (χ2n) is 6.37. The Balaban J connectivity index is 2.49. The van der Waals surface area contributed by atoms with E-state index in [9.17, 15) is 9.90 Å². The smallest absolute Gasteiger partial charge is 0.336 e. The van der Waals surface area contributed by atoms with Gasteiger partial charge in [-0.15, -0.1) is 0 Å². The number of aromatic nitrogens is 1. The Morgan fingerprint density at radius 3 is 2.52 bits per heavy atom. The molecule has 1 aliphatic rings. The second kappa shape index (κ2) is 4.83. The van der Waals surface area contributed by atoms with Gasteiger partial charge >= 0.3 is 5.97 Å². The summed E-state index contributed by atoms with van der Waals surface area (Å²) < 4.78 is 0. The van der Waals surface area contributed by atoms with Crippen LogP contribution < -0.4 is 0 Å². The Bertz CT molecular complexity index is 749. The van der Waals surface area contributed by atoms with Crippen molar-refractivity contribution in [1.82, 2.24) is 4.98 Å². The highest BCUT2D eigenvalue weighted by Gasteiger charge is 2.30. The van der Waals surface area contributed by atoms with E-state index in [0.29, 0.717) is 11.5 Å². The quantitative estimate of drug-likeness (QED) is 0.835. The van der Waals surface area contributed by atoms with Gasteiger partial charge in [0.2, 0.25) is 0 Å². The first-order valence-corrected chi connectivity index (χ1v) is 7.58. The van der Waals surface area contributed by atoms with Crippen molar-refractivity contribution in [2.24, 2.45) is 0 Å². The lowest BCUT2D eigenvalue weighted by Crippen LogP contribution is -2.18. The summed E-state index contributed by atoms with van der Waals surface area (Å²) in [5, 5.41) is 10.6. The van der Waals surface area contributed by atoms with Crippen molar-refractivity contribution in [3.8, 4) is 0 Å². The van der Waals surface area contributed by atoms with Gasteiger partial charge in [-0.1, -0.05) is 26.0 Å². The van der Waals surface area contributed by atoms with Crippen molar-refractivity contribution in [2.75, 3.05) is 0 Å². The number of hydrogen-bond acceptors (Lipinski definition) is 2. The summed E-state index contributed by atoms with van der Waals surface area (Å²) >= 11 is 0. The lowest BCUT2D eigenvalue weighted by molar-refractivity contribution is 0.0696. The Kier molecular flexibility index (Phi) is 3.23. The maximum atomic E-state index is 11.9. The topological polar surface area (TPSA) is 50.2 Å². The first kappa shape index (κ1) is 14.1. The minimum atomic E-state index is -0.831. The molecule has 2 unspecified atom stereocenters. The molecule has 21 heavy (non-hydrogen) atoms. The van der Waals surface area contributed by atoms with Crippen LogP contribution in [0, 0.1) is 13.8 Å². The van der Waals surface area contributed by atoms with Gasteiger partial charge in [0.1, 0.15) is 0 Å². The van der Waals surface area contributed by atoms with Crippen LogP contribution in [0.4, 0.5) is 0 Å². The van der Waals surface area contributed by atoms with Gasteiger partial charge < -0.3 is 5.11 Å². The largest absolute Gasteiger partial charge is 0.478 e. The Morgan fingerprint density at radius 2 is 1.86 bits per heavy atom. The summed E-state index contributed by atoms with van der Waals surface area (Å²) in [5.41, 5.74) is 5.51. The summed E-state index contributed by atoms with van der Waals surface area (Å²) in [6.45, 7) is 8.34. The van der Waals surface area contributed by atoms with Crippen LogP contribution in [-0.2, 0) is 0 Å². The third-order valence-corrected chi connectivity index (χ3v) is 4.95. The van der Waals surface area contributed by atoms with Crippen LogP contribution in [0.3, 0.4) is 0 Å². The molecule has 3 heteroatoms. The number of carboxylic acids is 1. The fourth-order valence-electron chi connectivity index (χ4n) is 3.49. The molecule has 0 aliphatic heterocycles. The van der Waals surface area contributed by atoms with Gasteiger partial charge in [0, 0.05) is 11.1 Å². The summed E-state index contributed by atoms with van der Waals surface area (Å²) in [6.07, 6.45) is 2.11. The highest BCUT2D eigenvalue weighted by molar-refractivity contribution is 6.05. The van der Waals surface area contributed by atoms with Gasteiger partial charge in [0.25, 0.3) is 0 Å². The molecule has 0 bridgehead atoms. The minimum Gasteiger partial charge on any atom is -0.478 e. The lowest BCUT2D eigenvalue weighted by Gasteiger charge is -2.29. The number of hydrogen-bond donors (Lipinski definition) is 1. The molecule has 0 spiro atoms. The standard InChI is InChI=1S/C18H21NO2/c1-9-7-8-13-15(18(20)21)14-10(2)5-6-11(3)16(14)19-17(13)12(9)4/h7-8,10-11H,5-6H2,1-4H3,(H,20,21). The van der Waals surface area contributed by atoms with Gasteiger partial charge in [0.15, 0.2) is 0 Å². The van der Waals surface area contributed by atoms with Crippen LogP contribution in [0.15, 0.2) is 12.1 Å². The third-order valence-electron chi connectivity index (χ3n) is 4.95. The first-order valence-electron chi connectivity index (χ1n) is 7.58. The second-order valence-corrected chi connectivity index (χ2v) is 6.37. The van der Waals surface area contributed by atoms with Crippen molar-refractivity contribution < 1.29 is 9.90 Å². The van der Waals surface area contributed by atoms with E-state index in [4.69, 9.17) is 4.98 Å². The molecule has 2 aromatic rings. The zero-order valence-corrected chi connectivity index (χ0v) is 13.0. The van der Waals surface area contributed by atoms with Crippen LogP contribution in [0.25, 0.3) is 10.9 Å². The molecule has 1 N–H and O–H groups in total. The highest BCUT2D eigenvalue weighted by Crippen LogP contribution is 2.42. The lowest BCUT2D eigenvalue weighted by atomic mass is 9.78. The third kappa shape index (κ3) is 2.03. The maximum absolute atomic E-state index is 11.9. The average molecular weight is 283 g/mol. The highest BCUT2D eigenvalue weighted by atomic mass is 16.4.